The number of aldehydes is 1. The molecular formula is C16H16N2O4. The lowest BCUT2D eigenvalue weighted by atomic mass is 10.1. The smallest absolute Gasteiger partial charge is 0.189 e. The van der Waals surface area contributed by atoms with Gasteiger partial charge in [0, 0.05) is 0 Å². The van der Waals surface area contributed by atoms with Crippen LogP contribution in [0.5, 0.6) is 0 Å². The van der Waals surface area contributed by atoms with Crippen LogP contribution in [0.25, 0.3) is 0 Å². The number of nitrogens with zero attached hydrogens (tertiary/aromatic N) is 2. The predicted octanol–water partition coefficient (Wildman–Crippen LogP) is 2.86. The molecule has 114 valence electrons. The zero-order chi connectivity index (χ0) is 15.9. The molecule has 0 aliphatic carbocycles. The lowest BCUT2D eigenvalue weighted by Gasteiger charge is -2.07. The summed E-state index contributed by atoms with van der Waals surface area (Å²) in [7, 11) is 0. The van der Waals surface area contributed by atoms with E-state index in [1.165, 1.54) is 12.8 Å². The third-order valence-electron chi connectivity index (χ3n) is 3.04. The lowest BCUT2D eigenvalue weighted by molar-refractivity contribution is 0.110. The van der Waals surface area contributed by atoms with Crippen molar-refractivity contribution < 1.29 is 18.7 Å². The number of hydrogen-bond donors (Lipinski definition) is 1. The number of oxazole rings is 2. The lowest BCUT2D eigenvalue weighted by Crippen LogP contribution is -1.99. The summed E-state index contributed by atoms with van der Waals surface area (Å²) in [6, 6.07) is 9.37. The highest BCUT2D eigenvalue weighted by Crippen LogP contribution is 2.23. The Morgan fingerprint density at radius 1 is 1.05 bits per heavy atom. The Morgan fingerprint density at radius 2 is 1.68 bits per heavy atom. The fraction of sp³-hybridized carbons (Fsp3) is 0.188. The van der Waals surface area contributed by atoms with E-state index in [9.17, 15) is 9.90 Å². The van der Waals surface area contributed by atoms with Crippen molar-refractivity contribution in [3.8, 4) is 0 Å². The van der Waals surface area contributed by atoms with Gasteiger partial charge in [-0.25, -0.2) is 9.97 Å². The summed E-state index contributed by atoms with van der Waals surface area (Å²) in [6.45, 7) is 3.53. The van der Waals surface area contributed by atoms with Crippen LogP contribution in [0.4, 0.5) is 0 Å². The Morgan fingerprint density at radius 3 is 2.14 bits per heavy atom. The van der Waals surface area contributed by atoms with E-state index < -0.39 is 6.10 Å². The van der Waals surface area contributed by atoms with Gasteiger partial charge >= 0.3 is 0 Å². The first-order valence-electron chi connectivity index (χ1n) is 6.61. The fourth-order valence-electron chi connectivity index (χ4n) is 1.78. The molecular weight excluding hydrogens is 284 g/mol. The Balaban J connectivity index is 0.000000188. The number of aromatic nitrogens is 2. The van der Waals surface area contributed by atoms with E-state index in [0.29, 0.717) is 23.5 Å². The van der Waals surface area contributed by atoms with E-state index in [4.69, 9.17) is 4.42 Å². The van der Waals surface area contributed by atoms with E-state index in [1.807, 2.05) is 37.3 Å². The predicted molar refractivity (Wildman–Crippen MR) is 78.4 cm³/mol. The first-order valence-corrected chi connectivity index (χ1v) is 6.61. The molecule has 22 heavy (non-hydrogen) atoms. The first kappa shape index (κ1) is 15.7. The van der Waals surface area contributed by atoms with Gasteiger partial charge in [0.2, 0.25) is 0 Å². The van der Waals surface area contributed by atoms with Gasteiger partial charge in [0.05, 0.1) is 11.4 Å². The quantitative estimate of drug-likeness (QED) is 0.748. The molecule has 0 aliphatic rings. The molecule has 1 atom stereocenters. The van der Waals surface area contributed by atoms with Gasteiger partial charge in [0.25, 0.3) is 0 Å². The van der Waals surface area contributed by atoms with Gasteiger partial charge in [-0.1, -0.05) is 30.3 Å². The Hall–Kier alpha value is -2.73. The van der Waals surface area contributed by atoms with Gasteiger partial charge in [-0.05, 0) is 19.4 Å². The van der Waals surface area contributed by atoms with Crippen LogP contribution in [0, 0.1) is 13.8 Å². The molecule has 2 heterocycles. The van der Waals surface area contributed by atoms with Crippen molar-refractivity contribution in [2.45, 2.75) is 20.0 Å². The molecule has 3 rings (SSSR count). The minimum absolute atomic E-state index is 0.310. The first-order chi connectivity index (χ1) is 10.6. The van der Waals surface area contributed by atoms with E-state index in [0.717, 1.165) is 11.3 Å². The molecule has 1 N–H and O–H groups in total. The third kappa shape index (κ3) is 3.67. The van der Waals surface area contributed by atoms with E-state index in [-0.39, 0.29) is 0 Å². The normalized spacial score (nSPS) is 11.4. The number of carbonyl (C=O) groups excluding carboxylic acids is 1. The van der Waals surface area contributed by atoms with Crippen LogP contribution in [0.1, 0.15) is 39.4 Å². The minimum Gasteiger partial charge on any atom is -0.445 e. The maximum absolute atomic E-state index is 9.95. The Labute approximate surface area is 127 Å². The SMILES string of the molecule is Cc1ncoc1C(O)c1ccccc1.Cc1ncoc1C=O. The number of aryl methyl sites for hydroxylation is 2. The van der Waals surface area contributed by atoms with Crippen molar-refractivity contribution in [1.29, 1.82) is 0 Å². The molecule has 0 bridgehead atoms. The van der Waals surface area contributed by atoms with Crippen molar-refractivity contribution in [1.82, 2.24) is 9.97 Å². The van der Waals surface area contributed by atoms with Gasteiger partial charge in [0.1, 0.15) is 6.10 Å². The zero-order valence-corrected chi connectivity index (χ0v) is 12.3. The highest BCUT2D eigenvalue weighted by Gasteiger charge is 2.16. The molecule has 0 saturated carbocycles. The number of aliphatic hydroxyl groups excluding tert-OH is 1. The molecule has 1 unspecified atom stereocenters. The van der Waals surface area contributed by atoms with Crippen molar-refractivity contribution >= 4 is 6.29 Å². The summed E-state index contributed by atoms with van der Waals surface area (Å²) in [6.07, 6.45) is 2.51. The summed E-state index contributed by atoms with van der Waals surface area (Å²) in [5.74, 6) is 0.821. The molecule has 1 aromatic carbocycles. The molecule has 6 heteroatoms. The van der Waals surface area contributed by atoms with Gasteiger partial charge < -0.3 is 13.9 Å². The van der Waals surface area contributed by atoms with Gasteiger partial charge in [0.15, 0.2) is 30.6 Å². The molecule has 3 aromatic rings. The second-order valence-corrected chi connectivity index (χ2v) is 4.54. The van der Waals surface area contributed by atoms with Gasteiger partial charge in [-0.15, -0.1) is 0 Å². The molecule has 6 nitrogen and oxygen atoms in total. The summed E-state index contributed by atoms with van der Waals surface area (Å²) >= 11 is 0. The van der Waals surface area contributed by atoms with Crippen molar-refractivity contribution in [3.05, 3.63) is 71.6 Å². The summed E-state index contributed by atoms with van der Waals surface area (Å²) < 4.78 is 9.75. The largest absolute Gasteiger partial charge is 0.445 e. The van der Waals surface area contributed by atoms with Crippen LogP contribution in [-0.4, -0.2) is 21.4 Å². The van der Waals surface area contributed by atoms with Crippen LogP contribution < -0.4 is 0 Å². The summed E-state index contributed by atoms with van der Waals surface area (Å²) in [4.78, 5) is 17.6. The molecule has 0 spiro atoms. The number of carbonyl (C=O) groups is 1. The number of aliphatic hydroxyl groups is 1. The van der Waals surface area contributed by atoms with Crippen LogP contribution in [-0.2, 0) is 0 Å². The highest BCUT2D eigenvalue weighted by molar-refractivity contribution is 5.71. The molecule has 0 saturated heterocycles. The van der Waals surface area contributed by atoms with Crippen molar-refractivity contribution in [2.24, 2.45) is 0 Å². The van der Waals surface area contributed by atoms with Crippen LogP contribution in [0.15, 0.2) is 52.0 Å². The average Bonchev–Trinajstić information content (AvgIpc) is 3.16. The maximum atomic E-state index is 9.95. The molecule has 0 aliphatic heterocycles. The zero-order valence-electron chi connectivity index (χ0n) is 12.3. The number of rotatable bonds is 3. The molecule has 2 aromatic heterocycles. The van der Waals surface area contributed by atoms with E-state index in [2.05, 4.69) is 14.4 Å². The topological polar surface area (TPSA) is 89.4 Å². The second-order valence-electron chi connectivity index (χ2n) is 4.54. The van der Waals surface area contributed by atoms with Crippen molar-refractivity contribution in [2.75, 3.05) is 0 Å². The third-order valence-corrected chi connectivity index (χ3v) is 3.04. The van der Waals surface area contributed by atoms with Crippen LogP contribution in [0.3, 0.4) is 0 Å². The Kier molecular flexibility index (Phi) is 5.21. The fourth-order valence-corrected chi connectivity index (χ4v) is 1.78. The minimum atomic E-state index is -0.723. The van der Waals surface area contributed by atoms with Gasteiger partial charge in [-0.3, -0.25) is 4.79 Å². The summed E-state index contributed by atoms with van der Waals surface area (Å²) in [5.41, 5.74) is 2.17. The molecule has 0 amide bonds. The standard InChI is InChI=1S/C11H11NO2.C5H5NO2/c1-8-11(14-7-12-8)10(13)9-5-3-2-4-6-9;1-4-5(2-7)8-3-6-4/h2-7,10,13H,1H3;2-3H,1H3. The second kappa shape index (κ2) is 7.33. The maximum Gasteiger partial charge on any atom is 0.189 e. The number of hydrogen-bond acceptors (Lipinski definition) is 6. The van der Waals surface area contributed by atoms with Crippen molar-refractivity contribution in [3.63, 3.8) is 0 Å². The Bertz CT molecular complexity index is 719. The van der Waals surface area contributed by atoms with E-state index in [1.54, 1.807) is 6.92 Å². The monoisotopic (exact) mass is 300 g/mol. The highest BCUT2D eigenvalue weighted by atomic mass is 16.4. The molecule has 0 radical (unpaired) electrons. The van der Waals surface area contributed by atoms with Crippen LogP contribution >= 0.6 is 0 Å². The number of benzene rings is 1. The average molecular weight is 300 g/mol. The van der Waals surface area contributed by atoms with Crippen LogP contribution in [0.2, 0.25) is 0 Å². The summed E-state index contributed by atoms with van der Waals surface area (Å²) in [5, 5.41) is 9.93. The van der Waals surface area contributed by atoms with Gasteiger partial charge in [-0.2, -0.15) is 0 Å². The molecule has 0 fully saturated rings. The van der Waals surface area contributed by atoms with E-state index >= 15 is 0 Å².